The second kappa shape index (κ2) is 13.4. The molecule has 10 rings (SSSR count). The minimum Gasteiger partial charge on any atom is -0.477 e. The molecule has 0 amide bonds. The highest BCUT2D eigenvalue weighted by Gasteiger charge is 2.39. The van der Waals surface area contributed by atoms with Gasteiger partial charge in [-0.15, -0.1) is 0 Å². The van der Waals surface area contributed by atoms with Gasteiger partial charge in [0.2, 0.25) is 0 Å². The molecule has 0 saturated carbocycles. The van der Waals surface area contributed by atoms with Crippen molar-refractivity contribution in [2.24, 2.45) is 0 Å². The highest BCUT2D eigenvalue weighted by atomic mass is 16.5. The average Bonchev–Trinajstić information content (AvgIpc) is 3.26. The highest BCUT2D eigenvalue weighted by Crippen LogP contribution is 2.51. The molecule has 55 heavy (non-hydrogen) atoms. The van der Waals surface area contributed by atoms with Crippen LogP contribution in [0.5, 0.6) is 5.75 Å². The molecular weight excluding hydrogens is 671 g/mol. The Morgan fingerprint density at radius 2 is 0.891 bits per heavy atom. The van der Waals surface area contributed by atoms with E-state index in [1.807, 2.05) is 12.1 Å². The molecule has 0 fully saturated rings. The molecule has 0 N–H and O–H groups in total. The largest absolute Gasteiger partial charge is 0.477 e. The summed E-state index contributed by atoms with van der Waals surface area (Å²) < 4.78 is 6.93. The Morgan fingerprint density at radius 3 is 1.60 bits per heavy atom. The second-order valence-corrected chi connectivity index (χ2v) is 14.1. The van der Waals surface area contributed by atoms with Gasteiger partial charge in [-0.25, -0.2) is 15.0 Å². The van der Waals surface area contributed by atoms with E-state index >= 15 is 0 Å². The van der Waals surface area contributed by atoms with Crippen molar-refractivity contribution in [2.45, 2.75) is 12.5 Å². The zero-order valence-electron chi connectivity index (χ0n) is 30.2. The van der Waals surface area contributed by atoms with Crippen LogP contribution in [0.25, 0.3) is 78.3 Å². The van der Waals surface area contributed by atoms with E-state index in [0.717, 1.165) is 61.2 Å². The molecular formula is C51H35N3O. The van der Waals surface area contributed by atoms with Crippen LogP contribution in [0.3, 0.4) is 0 Å². The summed E-state index contributed by atoms with van der Waals surface area (Å²) in [6.45, 7) is 2.17. The summed E-state index contributed by atoms with van der Waals surface area (Å²) in [7, 11) is 0. The van der Waals surface area contributed by atoms with E-state index in [2.05, 4.69) is 189 Å². The maximum absolute atomic E-state index is 6.93. The first kappa shape index (κ1) is 32.5. The predicted molar refractivity (Wildman–Crippen MR) is 223 cm³/mol. The lowest BCUT2D eigenvalue weighted by Crippen LogP contribution is -2.34. The van der Waals surface area contributed by atoms with Crippen molar-refractivity contribution in [2.75, 3.05) is 0 Å². The van der Waals surface area contributed by atoms with E-state index in [4.69, 9.17) is 19.7 Å². The minimum atomic E-state index is -0.617. The molecule has 0 radical (unpaired) electrons. The Kier molecular flexibility index (Phi) is 7.88. The Balaban J connectivity index is 1.05. The van der Waals surface area contributed by atoms with Crippen LogP contribution >= 0.6 is 0 Å². The maximum Gasteiger partial charge on any atom is 0.164 e. The van der Waals surface area contributed by atoms with Crippen molar-refractivity contribution < 1.29 is 4.74 Å². The molecule has 1 aromatic heterocycles. The molecule has 4 nitrogen and oxygen atoms in total. The summed E-state index contributed by atoms with van der Waals surface area (Å²) in [5.41, 5.74) is 11.2. The summed E-state index contributed by atoms with van der Waals surface area (Å²) in [5.74, 6) is 2.75. The van der Waals surface area contributed by atoms with Gasteiger partial charge in [0.05, 0.1) is 0 Å². The number of aromatic nitrogens is 3. The van der Waals surface area contributed by atoms with Gasteiger partial charge in [0, 0.05) is 27.8 Å². The second-order valence-electron chi connectivity index (χ2n) is 14.1. The number of nitrogens with zero attached hydrogens (tertiary/aromatic N) is 3. The van der Waals surface area contributed by atoms with E-state index in [9.17, 15) is 0 Å². The fourth-order valence-corrected chi connectivity index (χ4v) is 7.83. The van der Waals surface area contributed by atoms with Gasteiger partial charge in [-0.05, 0) is 63.2 Å². The van der Waals surface area contributed by atoms with Crippen LogP contribution in [0.15, 0.2) is 194 Å². The summed E-state index contributed by atoms with van der Waals surface area (Å²) in [4.78, 5) is 15.2. The average molecular weight is 706 g/mol. The van der Waals surface area contributed by atoms with Crippen LogP contribution in [0, 0.1) is 0 Å². The van der Waals surface area contributed by atoms with Crippen molar-refractivity contribution >= 4 is 10.8 Å². The highest BCUT2D eigenvalue weighted by molar-refractivity contribution is 5.91. The molecule has 0 spiro atoms. The van der Waals surface area contributed by atoms with Crippen molar-refractivity contribution in [3.8, 4) is 73.3 Å². The topological polar surface area (TPSA) is 47.9 Å². The number of hydrogen-bond donors (Lipinski definition) is 0. The summed E-state index contributed by atoms with van der Waals surface area (Å²) in [6, 6.07) is 67.5. The summed E-state index contributed by atoms with van der Waals surface area (Å²) >= 11 is 0. The molecule has 8 aromatic carbocycles. The van der Waals surface area contributed by atoms with E-state index in [-0.39, 0.29) is 0 Å². The Hall–Kier alpha value is -7.17. The SMILES string of the molecule is CC1(c2ccccc2)Oc2cccc(-c3ccc(-c4nc(-c5ccc(-c6ccccc6)cc5)nc(-c5ccc6ccccc6c5)n4)cc3)c2-c2ccccc21. The zero-order valence-corrected chi connectivity index (χ0v) is 30.2. The van der Waals surface area contributed by atoms with Crippen molar-refractivity contribution in [3.63, 3.8) is 0 Å². The molecule has 1 aliphatic rings. The summed E-state index contributed by atoms with van der Waals surface area (Å²) in [5, 5.41) is 2.31. The van der Waals surface area contributed by atoms with Gasteiger partial charge in [-0.1, -0.05) is 182 Å². The van der Waals surface area contributed by atoms with Gasteiger partial charge in [0.15, 0.2) is 23.1 Å². The standard InChI is InChI=1S/C51H35N3O/c1-51(42-17-6-3-7-18-42)45-21-11-10-19-44(45)47-43(20-12-22-46(47)55-51)37-26-30-39(31-27-37)49-52-48(38-28-23-36(24-29-38)34-13-4-2-5-14-34)53-50(54-49)41-32-25-35-15-8-9-16-40(35)33-41/h2-33H,1H3. The maximum atomic E-state index is 6.93. The van der Waals surface area contributed by atoms with Crippen molar-refractivity contribution in [3.05, 3.63) is 205 Å². The van der Waals surface area contributed by atoms with Gasteiger partial charge < -0.3 is 4.74 Å². The van der Waals surface area contributed by atoms with Gasteiger partial charge in [-0.3, -0.25) is 0 Å². The molecule has 0 bridgehead atoms. The third kappa shape index (κ3) is 5.85. The Bertz CT molecular complexity index is 2830. The van der Waals surface area contributed by atoms with Crippen LogP contribution in [-0.2, 0) is 5.60 Å². The molecule has 4 heteroatoms. The van der Waals surface area contributed by atoms with Gasteiger partial charge in [-0.2, -0.15) is 0 Å². The molecule has 1 unspecified atom stereocenters. The molecule has 0 aliphatic carbocycles. The van der Waals surface area contributed by atoms with Gasteiger partial charge >= 0.3 is 0 Å². The van der Waals surface area contributed by atoms with E-state index < -0.39 is 5.60 Å². The first-order valence-electron chi connectivity index (χ1n) is 18.6. The fraction of sp³-hybridized carbons (Fsp3) is 0.0392. The monoisotopic (exact) mass is 705 g/mol. The molecule has 260 valence electrons. The molecule has 2 heterocycles. The van der Waals surface area contributed by atoms with E-state index in [1.54, 1.807) is 0 Å². The smallest absolute Gasteiger partial charge is 0.164 e. The number of rotatable bonds is 6. The molecule has 0 saturated heterocycles. The van der Waals surface area contributed by atoms with Crippen LogP contribution in [0.1, 0.15) is 18.1 Å². The Morgan fingerprint density at radius 1 is 0.382 bits per heavy atom. The third-order valence-corrected chi connectivity index (χ3v) is 10.7. The van der Waals surface area contributed by atoms with Gasteiger partial charge in [0.1, 0.15) is 5.75 Å². The van der Waals surface area contributed by atoms with Crippen LogP contribution < -0.4 is 4.74 Å². The first-order chi connectivity index (χ1) is 27.1. The lowest BCUT2D eigenvalue weighted by atomic mass is 9.79. The Labute approximate surface area is 320 Å². The van der Waals surface area contributed by atoms with Gasteiger partial charge in [0.25, 0.3) is 0 Å². The predicted octanol–water partition coefficient (Wildman–Crippen LogP) is 12.7. The molecule has 9 aromatic rings. The first-order valence-corrected chi connectivity index (χ1v) is 18.6. The van der Waals surface area contributed by atoms with Crippen LogP contribution in [0.4, 0.5) is 0 Å². The lowest BCUT2D eigenvalue weighted by molar-refractivity contribution is 0.129. The lowest BCUT2D eigenvalue weighted by Gasteiger charge is -2.39. The normalized spacial score (nSPS) is 14.5. The summed E-state index contributed by atoms with van der Waals surface area (Å²) in [6.07, 6.45) is 0. The van der Waals surface area contributed by atoms with Crippen molar-refractivity contribution in [1.29, 1.82) is 0 Å². The number of hydrogen-bond acceptors (Lipinski definition) is 4. The number of benzene rings is 8. The molecule has 1 aliphatic heterocycles. The van der Waals surface area contributed by atoms with E-state index in [1.165, 1.54) is 16.5 Å². The zero-order chi connectivity index (χ0) is 36.8. The third-order valence-electron chi connectivity index (χ3n) is 10.7. The molecule has 1 atom stereocenters. The minimum absolute atomic E-state index is 0.617. The number of fused-ring (bicyclic) bond motifs is 4. The van der Waals surface area contributed by atoms with Crippen LogP contribution in [0.2, 0.25) is 0 Å². The quantitative estimate of drug-likeness (QED) is 0.173. The fourth-order valence-electron chi connectivity index (χ4n) is 7.83. The number of ether oxygens (including phenoxy) is 1. The van der Waals surface area contributed by atoms with E-state index in [0.29, 0.717) is 17.5 Å². The van der Waals surface area contributed by atoms with Crippen molar-refractivity contribution in [1.82, 2.24) is 15.0 Å². The van der Waals surface area contributed by atoms with Crippen LogP contribution in [-0.4, -0.2) is 15.0 Å².